The minimum atomic E-state index is -3.62. The van der Waals surface area contributed by atoms with Gasteiger partial charge in [0, 0.05) is 31.8 Å². The standard InChI is InChI=1S/C13H17ClN2O4S.ClH/c14-10-8-11-12(20-7-6-19-11)9-13(10)21(17,18)16-4-1-2-15-3-5-16;/h8-9,15H,1-7H2;1H. The van der Waals surface area contributed by atoms with Crippen LogP contribution in [0.4, 0.5) is 0 Å². The van der Waals surface area contributed by atoms with Crippen LogP contribution in [0.25, 0.3) is 0 Å². The fraction of sp³-hybridized carbons (Fsp3) is 0.538. The van der Waals surface area contributed by atoms with E-state index < -0.39 is 10.0 Å². The Morgan fingerprint density at radius 3 is 2.50 bits per heavy atom. The largest absolute Gasteiger partial charge is 0.486 e. The molecule has 1 aromatic carbocycles. The van der Waals surface area contributed by atoms with Crippen molar-refractivity contribution in [2.45, 2.75) is 11.3 Å². The molecule has 0 saturated carbocycles. The van der Waals surface area contributed by atoms with E-state index in [1.54, 1.807) is 0 Å². The summed E-state index contributed by atoms with van der Waals surface area (Å²) in [6.07, 6.45) is 0.779. The first kappa shape index (κ1) is 17.6. The minimum Gasteiger partial charge on any atom is -0.486 e. The van der Waals surface area contributed by atoms with Crippen molar-refractivity contribution in [3.05, 3.63) is 17.2 Å². The number of benzene rings is 1. The molecule has 0 atom stereocenters. The van der Waals surface area contributed by atoms with Gasteiger partial charge in [0.2, 0.25) is 10.0 Å². The summed E-state index contributed by atoms with van der Waals surface area (Å²) in [5.41, 5.74) is 0. The normalized spacial score (nSPS) is 19.1. The highest BCUT2D eigenvalue weighted by Crippen LogP contribution is 2.38. The molecule has 1 N–H and O–H groups in total. The van der Waals surface area contributed by atoms with Crippen LogP contribution in [0.2, 0.25) is 5.02 Å². The number of nitrogens with zero attached hydrogens (tertiary/aromatic N) is 1. The zero-order valence-electron chi connectivity index (χ0n) is 11.9. The average Bonchev–Trinajstić information content (AvgIpc) is 2.76. The van der Waals surface area contributed by atoms with Crippen LogP contribution in [0.3, 0.4) is 0 Å². The first-order chi connectivity index (χ1) is 10.1. The molecule has 124 valence electrons. The molecule has 3 rings (SSSR count). The highest BCUT2D eigenvalue weighted by Gasteiger charge is 2.29. The van der Waals surface area contributed by atoms with Crippen LogP contribution in [0, 0.1) is 0 Å². The third-order valence-electron chi connectivity index (χ3n) is 3.51. The van der Waals surface area contributed by atoms with Gasteiger partial charge in [-0.25, -0.2) is 8.42 Å². The second-order valence-electron chi connectivity index (χ2n) is 4.93. The molecule has 22 heavy (non-hydrogen) atoms. The molecule has 1 fully saturated rings. The van der Waals surface area contributed by atoms with Gasteiger partial charge in [0.1, 0.15) is 18.1 Å². The van der Waals surface area contributed by atoms with Gasteiger partial charge in [0.15, 0.2) is 11.5 Å². The first-order valence-electron chi connectivity index (χ1n) is 6.89. The fourth-order valence-electron chi connectivity index (χ4n) is 2.44. The number of hydrogen-bond acceptors (Lipinski definition) is 5. The van der Waals surface area contributed by atoms with Gasteiger partial charge < -0.3 is 14.8 Å². The van der Waals surface area contributed by atoms with E-state index in [4.69, 9.17) is 21.1 Å². The third-order valence-corrected chi connectivity index (χ3v) is 5.88. The second-order valence-corrected chi connectivity index (χ2v) is 7.25. The Bertz CT molecular complexity index is 631. The molecule has 0 unspecified atom stereocenters. The molecule has 0 aromatic heterocycles. The number of sulfonamides is 1. The zero-order chi connectivity index (χ0) is 14.9. The van der Waals surface area contributed by atoms with Crippen LogP contribution in [0.1, 0.15) is 6.42 Å². The van der Waals surface area contributed by atoms with Gasteiger partial charge in [-0.3, -0.25) is 0 Å². The maximum absolute atomic E-state index is 12.8. The van der Waals surface area contributed by atoms with Crippen molar-refractivity contribution >= 4 is 34.0 Å². The molecule has 2 heterocycles. The summed E-state index contributed by atoms with van der Waals surface area (Å²) < 4.78 is 37.8. The lowest BCUT2D eigenvalue weighted by molar-refractivity contribution is 0.171. The molecule has 6 nitrogen and oxygen atoms in total. The third kappa shape index (κ3) is 3.44. The van der Waals surface area contributed by atoms with Gasteiger partial charge in [-0.1, -0.05) is 11.6 Å². The topological polar surface area (TPSA) is 67.9 Å². The summed E-state index contributed by atoms with van der Waals surface area (Å²) >= 11 is 6.15. The summed E-state index contributed by atoms with van der Waals surface area (Å²) in [6.45, 7) is 3.23. The Balaban J connectivity index is 0.00000176. The molecule has 0 aliphatic carbocycles. The van der Waals surface area contributed by atoms with Crippen molar-refractivity contribution in [3.63, 3.8) is 0 Å². The van der Waals surface area contributed by atoms with E-state index in [2.05, 4.69) is 5.32 Å². The summed E-state index contributed by atoms with van der Waals surface area (Å²) in [4.78, 5) is 0.0790. The highest BCUT2D eigenvalue weighted by atomic mass is 35.5. The predicted molar refractivity (Wildman–Crippen MR) is 85.9 cm³/mol. The van der Waals surface area contributed by atoms with Crippen LogP contribution in [0.15, 0.2) is 17.0 Å². The predicted octanol–water partition coefficient (Wildman–Crippen LogP) is 1.52. The summed E-state index contributed by atoms with van der Waals surface area (Å²) in [6, 6.07) is 2.98. The van der Waals surface area contributed by atoms with Crippen molar-refractivity contribution in [1.29, 1.82) is 0 Å². The number of rotatable bonds is 2. The summed E-state index contributed by atoms with van der Waals surface area (Å²) in [7, 11) is -3.62. The van der Waals surface area contributed by atoms with E-state index in [1.807, 2.05) is 0 Å². The van der Waals surface area contributed by atoms with Gasteiger partial charge in [0.05, 0.1) is 5.02 Å². The number of halogens is 2. The molecule has 1 saturated heterocycles. The van der Waals surface area contributed by atoms with Gasteiger partial charge in [-0.15, -0.1) is 12.4 Å². The molecule has 9 heteroatoms. The molecular weight excluding hydrogens is 351 g/mol. The van der Waals surface area contributed by atoms with Crippen molar-refractivity contribution < 1.29 is 17.9 Å². The lowest BCUT2D eigenvalue weighted by Crippen LogP contribution is -2.34. The van der Waals surface area contributed by atoms with Crippen LogP contribution in [0.5, 0.6) is 11.5 Å². The maximum atomic E-state index is 12.8. The van der Waals surface area contributed by atoms with Gasteiger partial charge >= 0.3 is 0 Å². The molecule has 2 aliphatic heterocycles. The first-order valence-corrected chi connectivity index (χ1v) is 8.71. The van der Waals surface area contributed by atoms with E-state index >= 15 is 0 Å². The number of hydrogen-bond donors (Lipinski definition) is 1. The molecule has 0 radical (unpaired) electrons. The zero-order valence-corrected chi connectivity index (χ0v) is 14.3. The van der Waals surface area contributed by atoms with E-state index in [0.717, 1.165) is 13.0 Å². The lowest BCUT2D eigenvalue weighted by atomic mass is 10.3. The minimum absolute atomic E-state index is 0. The Morgan fingerprint density at radius 2 is 1.77 bits per heavy atom. The van der Waals surface area contributed by atoms with Crippen molar-refractivity contribution in [3.8, 4) is 11.5 Å². The van der Waals surface area contributed by atoms with Gasteiger partial charge in [-0.05, 0) is 13.0 Å². The smallest absolute Gasteiger partial charge is 0.244 e. The molecule has 2 aliphatic rings. The van der Waals surface area contributed by atoms with Crippen LogP contribution < -0.4 is 14.8 Å². The quantitative estimate of drug-likeness (QED) is 0.856. The van der Waals surface area contributed by atoms with Crippen LogP contribution >= 0.6 is 24.0 Å². The monoisotopic (exact) mass is 368 g/mol. The molecule has 0 bridgehead atoms. The van der Waals surface area contributed by atoms with Crippen molar-refractivity contribution in [1.82, 2.24) is 9.62 Å². The lowest BCUT2D eigenvalue weighted by Gasteiger charge is -2.23. The number of nitrogens with one attached hydrogen (secondary N) is 1. The van der Waals surface area contributed by atoms with Gasteiger partial charge in [-0.2, -0.15) is 4.31 Å². The average molecular weight is 369 g/mol. The Hall–Kier alpha value is -0.730. The SMILES string of the molecule is Cl.O=S(=O)(c1cc2c(cc1Cl)OCCO2)N1CCCNCC1. The highest BCUT2D eigenvalue weighted by molar-refractivity contribution is 7.89. The molecule has 0 spiro atoms. The molecule has 1 aromatic rings. The van der Waals surface area contributed by atoms with E-state index in [1.165, 1.54) is 16.4 Å². The van der Waals surface area contributed by atoms with E-state index in [9.17, 15) is 8.42 Å². The Morgan fingerprint density at radius 1 is 1.09 bits per heavy atom. The Labute approximate surface area is 141 Å². The summed E-state index contributed by atoms with van der Waals surface area (Å²) in [5, 5.41) is 3.34. The van der Waals surface area contributed by atoms with E-state index in [0.29, 0.717) is 44.3 Å². The molecular formula is C13H18Cl2N2O4S. The Kier molecular flexibility index (Phi) is 5.79. The maximum Gasteiger partial charge on any atom is 0.244 e. The summed E-state index contributed by atoms with van der Waals surface area (Å²) in [5.74, 6) is 0.917. The van der Waals surface area contributed by atoms with Crippen LogP contribution in [-0.4, -0.2) is 52.1 Å². The number of fused-ring (bicyclic) bond motifs is 1. The molecule has 0 amide bonds. The second kappa shape index (κ2) is 7.23. The van der Waals surface area contributed by atoms with Crippen molar-refractivity contribution in [2.24, 2.45) is 0 Å². The number of ether oxygens (including phenoxy) is 2. The fourth-order valence-corrected chi connectivity index (χ4v) is 4.43. The van der Waals surface area contributed by atoms with Crippen molar-refractivity contribution in [2.75, 3.05) is 39.4 Å². The van der Waals surface area contributed by atoms with Gasteiger partial charge in [0.25, 0.3) is 0 Å². The van der Waals surface area contributed by atoms with E-state index in [-0.39, 0.29) is 22.3 Å². The van der Waals surface area contributed by atoms with Crippen LogP contribution in [-0.2, 0) is 10.0 Å².